The van der Waals surface area contributed by atoms with E-state index in [2.05, 4.69) is 20.9 Å². The molecule has 1 aliphatic rings. The topological polar surface area (TPSA) is 119 Å². The Balaban J connectivity index is 1.24. The highest BCUT2D eigenvalue weighted by Gasteiger charge is 2.21. The normalized spacial score (nSPS) is 15.0. The Morgan fingerprint density at radius 2 is 1.65 bits per heavy atom. The molecule has 1 aliphatic heterocycles. The summed E-state index contributed by atoms with van der Waals surface area (Å²) >= 11 is 14.2. The molecule has 3 N–H and O–H groups in total. The van der Waals surface area contributed by atoms with Crippen molar-refractivity contribution in [1.82, 2.24) is 30.3 Å². The zero-order valence-electron chi connectivity index (χ0n) is 27.6. The molecule has 12 heteroatoms. The summed E-state index contributed by atoms with van der Waals surface area (Å²) in [6, 6.07) is 19.3. The van der Waals surface area contributed by atoms with Gasteiger partial charge in [-0.25, -0.2) is 9.97 Å². The first-order valence-electron chi connectivity index (χ1n) is 16.1. The summed E-state index contributed by atoms with van der Waals surface area (Å²) in [5.41, 5.74) is 6.36. The van der Waals surface area contributed by atoms with Gasteiger partial charge >= 0.3 is 0 Å². The largest absolute Gasteiger partial charge is 0.481 e. The van der Waals surface area contributed by atoms with Crippen LogP contribution in [0.1, 0.15) is 30.9 Å². The van der Waals surface area contributed by atoms with Crippen molar-refractivity contribution in [3.63, 3.8) is 0 Å². The molecule has 254 valence electrons. The first-order valence-corrected chi connectivity index (χ1v) is 16.9. The molecule has 0 spiro atoms. The molecule has 1 fully saturated rings. The molecule has 1 saturated heterocycles. The van der Waals surface area contributed by atoms with Gasteiger partial charge in [0.25, 0.3) is 5.56 Å². The predicted molar refractivity (Wildman–Crippen MR) is 193 cm³/mol. The zero-order valence-corrected chi connectivity index (χ0v) is 29.1. The summed E-state index contributed by atoms with van der Waals surface area (Å²) in [7, 11) is 3.25. The average Bonchev–Trinajstić information content (AvgIpc) is 3.54. The molecule has 0 radical (unpaired) electrons. The second-order valence-electron chi connectivity index (χ2n) is 12.0. The number of benzene rings is 2. The van der Waals surface area contributed by atoms with Crippen LogP contribution in [0.4, 0.5) is 0 Å². The summed E-state index contributed by atoms with van der Waals surface area (Å²) in [6.07, 6.45) is 4.77. The van der Waals surface area contributed by atoms with Gasteiger partial charge in [0.05, 0.1) is 29.0 Å². The number of ether oxygens (including phenoxy) is 2. The number of rotatable bonds is 13. The van der Waals surface area contributed by atoms with Crippen molar-refractivity contribution >= 4 is 34.8 Å². The van der Waals surface area contributed by atoms with Gasteiger partial charge in [-0.05, 0) is 37.1 Å². The number of methoxy groups -OCH3 is 2. The van der Waals surface area contributed by atoms with E-state index in [9.17, 15) is 9.59 Å². The van der Waals surface area contributed by atoms with E-state index in [4.69, 9.17) is 37.7 Å². The Labute approximate surface area is 294 Å². The number of hydrogen-bond donors (Lipinski definition) is 3. The zero-order chi connectivity index (χ0) is 34.5. The summed E-state index contributed by atoms with van der Waals surface area (Å²) in [5.74, 6) is 0.591. The van der Waals surface area contributed by atoms with Crippen LogP contribution in [-0.2, 0) is 22.6 Å². The van der Waals surface area contributed by atoms with Crippen molar-refractivity contribution < 1.29 is 14.3 Å². The number of carbonyl (C=O) groups is 1. The van der Waals surface area contributed by atoms with E-state index >= 15 is 0 Å². The lowest BCUT2D eigenvalue weighted by atomic mass is 9.97. The maximum atomic E-state index is 13.2. The van der Waals surface area contributed by atoms with E-state index in [1.54, 1.807) is 26.6 Å². The number of pyridine rings is 2. The molecule has 2 atom stereocenters. The second kappa shape index (κ2) is 15.5. The minimum atomic E-state index is -0.133. The molecule has 0 aliphatic carbocycles. The van der Waals surface area contributed by atoms with Crippen LogP contribution >= 0.6 is 23.2 Å². The fourth-order valence-corrected chi connectivity index (χ4v) is 6.60. The minimum absolute atomic E-state index is 0.0381. The van der Waals surface area contributed by atoms with Gasteiger partial charge in [0, 0.05) is 91.5 Å². The lowest BCUT2D eigenvalue weighted by Gasteiger charge is -2.16. The van der Waals surface area contributed by atoms with Crippen molar-refractivity contribution in [2.45, 2.75) is 45.0 Å². The summed E-state index contributed by atoms with van der Waals surface area (Å²) in [6.45, 7) is 4.19. The Hall–Kier alpha value is -4.32. The number of fused-ring (bicyclic) bond motifs is 1. The summed E-state index contributed by atoms with van der Waals surface area (Å²) in [4.78, 5) is 34.0. The van der Waals surface area contributed by atoms with Crippen molar-refractivity contribution in [2.75, 3.05) is 27.3 Å². The highest BCUT2D eigenvalue weighted by atomic mass is 35.5. The van der Waals surface area contributed by atoms with Gasteiger partial charge in [-0.2, -0.15) is 0 Å². The van der Waals surface area contributed by atoms with Gasteiger partial charge in [0.15, 0.2) is 0 Å². The van der Waals surface area contributed by atoms with Crippen LogP contribution in [0.3, 0.4) is 0 Å². The molecule has 10 nitrogen and oxygen atoms in total. The Bertz CT molecular complexity index is 2050. The maximum absolute atomic E-state index is 13.2. The molecular formula is C37H38Cl2N6O4. The second-order valence-corrected chi connectivity index (χ2v) is 12.8. The van der Waals surface area contributed by atoms with E-state index in [0.29, 0.717) is 65.4 Å². The van der Waals surface area contributed by atoms with Gasteiger partial charge < -0.3 is 25.4 Å². The van der Waals surface area contributed by atoms with Crippen molar-refractivity contribution in [3.05, 3.63) is 105 Å². The number of carbonyl (C=O) groups excluding carboxylic acids is 1. The standard InChI is InChI=1S/C37H38Cl2N6O4/c1-22(48-2)17-40-19-25-20-42-32-16-23(14-15-45(32)37(25)47)27-6-4-7-28(34(27)38)29-8-5-9-30(35(29)39)31-12-10-24(36(44-31)49-3)18-41-21-26-11-13-33(46)43-26/h4-10,12,14-16,20,22,26,40-41H,11,13,17-19,21H2,1-3H3,(H,43,46)/t22-,26+/m1/s1. The number of nitrogens with one attached hydrogen (secondary N) is 3. The third-order valence-electron chi connectivity index (χ3n) is 8.73. The highest BCUT2D eigenvalue weighted by Crippen LogP contribution is 2.42. The van der Waals surface area contributed by atoms with E-state index in [1.807, 2.05) is 67.6 Å². The third-order valence-corrected chi connectivity index (χ3v) is 9.54. The van der Waals surface area contributed by atoms with E-state index < -0.39 is 0 Å². The van der Waals surface area contributed by atoms with Gasteiger partial charge in [-0.3, -0.25) is 14.0 Å². The van der Waals surface area contributed by atoms with E-state index in [1.165, 1.54) is 4.40 Å². The van der Waals surface area contributed by atoms with Gasteiger partial charge in [-0.1, -0.05) is 65.7 Å². The van der Waals surface area contributed by atoms with Crippen LogP contribution in [0.2, 0.25) is 10.0 Å². The van der Waals surface area contributed by atoms with Crippen LogP contribution < -0.4 is 26.2 Å². The molecule has 1 amide bonds. The van der Waals surface area contributed by atoms with Gasteiger partial charge in [0.2, 0.25) is 11.8 Å². The molecule has 4 heterocycles. The Kier molecular flexibility index (Phi) is 10.9. The fourth-order valence-electron chi connectivity index (χ4n) is 5.94. The van der Waals surface area contributed by atoms with E-state index in [-0.39, 0.29) is 23.6 Å². The molecule has 6 rings (SSSR count). The SMILES string of the molecule is COc1nc(-c2cccc(-c3cccc(-c4ccn5c(=O)c(CNC[C@@H](C)OC)cnc5c4)c3Cl)c2Cl)ccc1CNC[C@@H]1CCC(=O)N1. The lowest BCUT2D eigenvalue weighted by molar-refractivity contribution is -0.119. The Morgan fingerprint density at radius 1 is 0.939 bits per heavy atom. The first-order chi connectivity index (χ1) is 23.8. The number of amides is 1. The van der Waals surface area contributed by atoms with Crippen LogP contribution in [0, 0.1) is 0 Å². The quantitative estimate of drug-likeness (QED) is 0.139. The molecule has 0 bridgehead atoms. The molecule has 0 saturated carbocycles. The van der Waals surface area contributed by atoms with Crippen LogP contribution in [-0.4, -0.2) is 59.7 Å². The number of hydrogen-bond acceptors (Lipinski definition) is 8. The fraction of sp³-hybridized carbons (Fsp3) is 0.297. The maximum Gasteiger partial charge on any atom is 0.262 e. The monoisotopic (exact) mass is 700 g/mol. The lowest BCUT2D eigenvalue weighted by Crippen LogP contribution is -2.35. The average molecular weight is 702 g/mol. The molecule has 49 heavy (non-hydrogen) atoms. The highest BCUT2D eigenvalue weighted by molar-refractivity contribution is 6.39. The third kappa shape index (κ3) is 7.64. The van der Waals surface area contributed by atoms with Crippen LogP contribution in [0.5, 0.6) is 5.88 Å². The molecule has 5 aromatic rings. The van der Waals surface area contributed by atoms with Crippen LogP contribution in [0.15, 0.2) is 77.9 Å². The molecule has 2 aromatic carbocycles. The van der Waals surface area contributed by atoms with E-state index in [0.717, 1.165) is 39.8 Å². The predicted octanol–water partition coefficient (Wildman–Crippen LogP) is 5.90. The van der Waals surface area contributed by atoms with Crippen molar-refractivity contribution in [2.24, 2.45) is 0 Å². The van der Waals surface area contributed by atoms with Crippen molar-refractivity contribution in [3.8, 4) is 39.4 Å². The summed E-state index contributed by atoms with van der Waals surface area (Å²) < 4.78 is 12.4. The molecular weight excluding hydrogens is 663 g/mol. The number of aromatic nitrogens is 3. The molecule has 0 unspecified atom stereocenters. The minimum Gasteiger partial charge on any atom is -0.481 e. The first kappa shape index (κ1) is 34.5. The molecule has 3 aromatic heterocycles. The van der Waals surface area contributed by atoms with Crippen LogP contribution in [0.25, 0.3) is 39.2 Å². The number of nitrogens with zero attached hydrogens (tertiary/aromatic N) is 3. The summed E-state index contributed by atoms with van der Waals surface area (Å²) in [5, 5.41) is 10.6. The van der Waals surface area contributed by atoms with Crippen molar-refractivity contribution in [1.29, 1.82) is 0 Å². The number of halogens is 2. The van der Waals surface area contributed by atoms with Gasteiger partial charge in [0.1, 0.15) is 5.65 Å². The Morgan fingerprint density at radius 3 is 2.37 bits per heavy atom. The smallest absolute Gasteiger partial charge is 0.262 e. The van der Waals surface area contributed by atoms with Gasteiger partial charge in [-0.15, -0.1) is 0 Å².